The highest BCUT2D eigenvalue weighted by Gasteiger charge is 2.12. The van der Waals surface area contributed by atoms with Crippen molar-refractivity contribution < 1.29 is 19.4 Å². The van der Waals surface area contributed by atoms with Crippen LogP contribution in [0.2, 0.25) is 0 Å². The second-order valence-electron chi connectivity index (χ2n) is 3.47. The van der Waals surface area contributed by atoms with Crippen molar-refractivity contribution in [1.82, 2.24) is 4.90 Å². The Morgan fingerprint density at radius 1 is 1.53 bits per heavy atom. The minimum absolute atomic E-state index is 0.0691. The quantitative estimate of drug-likeness (QED) is 0.542. The molecule has 1 rings (SSSR count). The number of carboxylic acid groups (broad SMARTS) is 1. The fraction of sp³-hybridized carbons (Fsp3) is 0.889. The van der Waals surface area contributed by atoms with Gasteiger partial charge in [0.2, 0.25) is 0 Å². The molecule has 1 atom stereocenters. The summed E-state index contributed by atoms with van der Waals surface area (Å²) in [4.78, 5) is 12.6. The lowest BCUT2D eigenvalue weighted by Crippen LogP contribution is -2.39. The van der Waals surface area contributed by atoms with Crippen LogP contribution in [0.15, 0.2) is 0 Å². The maximum atomic E-state index is 10.4. The number of morpholine rings is 1. The molecular formula is C9H18N2O4. The van der Waals surface area contributed by atoms with Crippen LogP contribution in [-0.2, 0) is 14.3 Å². The molecule has 0 spiro atoms. The van der Waals surface area contributed by atoms with Gasteiger partial charge in [-0.3, -0.25) is 9.69 Å². The van der Waals surface area contributed by atoms with E-state index in [4.69, 9.17) is 20.3 Å². The van der Waals surface area contributed by atoms with Crippen LogP contribution in [0.1, 0.15) is 0 Å². The fourth-order valence-corrected chi connectivity index (χ4v) is 1.30. The van der Waals surface area contributed by atoms with Gasteiger partial charge < -0.3 is 20.3 Å². The van der Waals surface area contributed by atoms with Gasteiger partial charge in [0, 0.05) is 19.6 Å². The van der Waals surface area contributed by atoms with Gasteiger partial charge in [0.25, 0.3) is 0 Å². The molecule has 3 N–H and O–H groups in total. The first-order chi connectivity index (χ1) is 7.20. The molecule has 1 saturated heterocycles. The standard InChI is InChI=1S/C9H18N2O4/c10-8(9(12)13)7-15-6-3-11-1-4-14-5-2-11/h8H,1-7,10H2,(H,12,13). The first-order valence-corrected chi connectivity index (χ1v) is 5.06. The smallest absolute Gasteiger partial charge is 0.322 e. The van der Waals surface area contributed by atoms with Gasteiger partial charge >= 0.3 is 5.97 Å². The van der Waals surface area contributed by atoms with E-state index in [0.717, 1.165) is 32.8 Å². The van der Waals surface area contributed by atoms with E-state index < -0.39 is 12.0 Å². The molecule has 1 fully saturated rings. The van der Waals surface area contributed by atoms with Crippen molar-refractivity contribution in [2.75, 3.05) is 46.1 Å². The molecule has 1 aliphatic heterocycles. The molecule has 1 heterocycles. The van der Waals surface area contributed by atoms with E-state index in [-0.39, 0.29) is 6.61 Å². The molecule has 0 aromatic carbocycles. The molecule has 1 aliphatic rings. The summed E-state index contributed by atoms with van der Waals surface area (Å²) >= 11 is 0. The SMILES string of the molecule is NC(COCCN1CCOCC1)C(=O)O. The van der Waals surface area contributed by atoms with Crippen molar-refractivity contribution in [3.05, 3.63) is 0 Å². The second kappa shape index (κ2) is 6.73. The van der Waals surface area contributed by atoms with Gasteiger partial charge in [0.1, 0.15) is 6.04 Å². The zero-order chi connectivity index (χ0) is 11.1. The number of nitrogens with two attached hydrogens (primary N) is 1. The van der Waals surface area contributed by atoms with Crippen LogP contribution in [0.4, 0.5) is 0 Å². The summed E-state index contributed by atoms with van der Waals surface area (Å²) in [7, 11) is 0. The van der Waals surface area contributed by atoms with E-state index in [1.54, 1.807) is 0 Å². The number of aliphatic carboxylic acids is 1. The molecule has 1 unspecified atom stereocenters. The van der Waals surface area contributed by atoms with Gasteiger partial charge in [-0.1, -0.05) is 0 Å². The molecule has 0 aromatic rings. The number of nitrogens with zero attached hydrogens (tertiary/aromatic N) is 1. The average Bonchev–Trinajstić information content (AvgIpc) is 2.25. The number of carboxylic acids is 1. The van der Waals surface area contributed by atoms with Gasteiger partial charge in [0.05, 0.1) is 26.4 Å². The van der Waals surface area contributed by atoms with Crippen molar-refractivity contribution in [2.45, 2.75) is 6.04 Å². The van der Waals surface area contributed by atoms with Crippen molar-refractivity contribution in [3.8, 4) is 0 Å². The van der Waals surface area contributed by atoms with Gasteiger partial charge in [0.15, 0.2) is 0 Å². The zero-order valence-corrected chi connectivity index (χ0v) is 8.72. The average molecular weight is 218 g/mol. The highest BCUT2D eigenvalue weighted by atomic mass is 16.5. The van der Waals surface area contributed by atoms with Crippen LogP contribution >= 0.6 is 0 Å². The molecule has 0 saturated carbocycles. The minimum Gasteiger partial charge on any atom is -0.480 e. The van der Waals surface area contributed by atoms with Gasteiger partial charge in [-0.25, -0.2) is 0 Å². The van der Waals surface area contributed by atoms with Gasteiger partial charge in [-0.05, 0) is 0 Å². The number of carbonyl (C=O) groups is 1. The van der Waals surface area contributed by atoms with E-state index in [2.05, 4.69) is 4.90 Å². The highest BCUT2D eigenvalue weighted by molar-refractivity contribution is 5.73. The third-order valence-electron chi connectivity index (χ3n) is 2.27. The van der Waals surface area contributed by atoms with Crippen molar-refractivity contribution in [2.24, 2.45) is 5.73 Å². The summed E-state index contributed by atoms with van der Waals surface area (Å²) in [5.74, 6) is -1.03. The van der Waals surface area contributed by atoms with Gasteiger partial charge in [-0.2, -0.15) is 0 Å². The Kier molecular flexibility index (Phi) is 5.56. The summed E-state index contributed by atoms with van der Waals surface area (Å²) < 4.78 is 10.4. The molecular weight excluding hydrogens is 200 g/mol. The van der Waals surface area contributed by atoms with Crippen LogP contribution in [0, 0.1) is 0 Å². The monoisotopic (exact) mass is 218 g/mol. The third-order valence-corrected chi connectivity index (χ3v) is 2.27. The minimum atomic E-state index is -1.03. The zero-order valence-electron chi connectivity index (χ0n) is 8.72. The molecule has 15 heavy (non-hydrogen) atoms. The number of rotatable bonds is 6. The highest BCUT2D eigenvalue weighted by Crippen LogP contribution is 1.95. The van der Waals surface area contributed by atoms with Crippen LogP contribution in [0.3, 0.4) is 0 Å². The Morgan fingerprint density at radius 3 is 2.80 bits per heavy atom. The summed E-state index contributed by atoms with van der Waals surface area (Å²) in [5, 5.41) is 8.50. The number of hydrogen-bond acceptors (Lipinski definition) is 5. The summed E-state index contributed by atoms with van der Waals surface area (Å²) in [6, 6.07) is -0.922. The molecule has 6 nitrogen and oxygen atoms in total. The maximum absolute atomic E-state index is 10.4. The summed E-state index contributed by atoms with van der Waals surface area (Å²) in [5.41, 5.74) is 5.28. The Bertz CT molecular complexity index is 195. The first kappa shape index (κ1) is 12.4. The first-order valence-electron chi connectivity index (χ1n) is 5.06. The predicted octanol–water partition coefficient (Wildman–Crippen LogP) is -1.25. The van der Waals surface area contributed by atoms with Crippen molar-refractivity contribution in [3.63, 3.8) is 0 Å². The number of hydrogen-bond donors (Lipinski definition) is 2. The topological polar surface area (TPSA) is 85.0 Å². The normalized spacial score (nSPS) is 20.1. The maximum Gasteiger partial charge on any atom is 0.322 e. The molecule has 88 valence electrons. The van der Waals surface area contributed by atoms with Crippen LogP contribution in [0.25, 0.3) is 0 Å². The summed E-state index contributed by atoms with van der Waals surface area (Å²) in [6.45, 7) is 4.72. The molecule has 0 radical (unpaired) electrons. The Morgan fingerprint density at radius 2 is 2.20 bits per heavy atom. The lowest BCUT2D eigenvalue weighted by Gasteiger charge is -2.26. The lowest BCUT2D eigenvalue weighted by atomic mass is 10.3. The van der Waals surface area contributed by atoms with E-state index in [1.165, 1.54) is 0 Å². The van der Waals surface area contributed by atoms with Gasteiger partial charge in [-0.15, -0.1) is 0 Å². The predicted molar refractivity (Wildman–Crippen MR) is 53.7 cm³/mol. The lowest BCUT2D eigenvalue weighted by molar-refractivity contribution is -0.140. The molecule has 0 bridgehead atoms. The third kappa shape index (κ3) is 5.08. The Balaban J connectivity index is 1.98. The van der Waals surface area contributed by atoms with Crippen molar-refractivity contribution in [1.29, 1.82) is 0 Å². The van der Waals surface area contributed by atoms with E-state index in [1.807, 2.05) is 0 Å². The molecule has 6 heteroatoms. The van der Waals surface area contributed by atoms with Crippen LogP contribution in [0.5, 0.6) is 0 Å². The molecule has 0 amide bonds. The molecule has 0 aliphatic carbocycles. The summed E-state index contributed by atoms with van der Waals surface area (Å²) in [6.07, 6.45) is 0. The largest absolute Gasteiger partial charge is 0.480 e. The van der Waals surface area contributed by atoms with E-state index in [9.17, 15) is 4.79 Å². The van der Waals surface area contributed by atoms with E-state index >= 15 is 0 Å². The van der Waals surface area contributed by atoms with Crippen LogP contribution in [-0.4, -0.2) is 68.1 Å². The number of ether oxygens (including phenoxy) is 2. The second-order valence-corrected chi connectivity index (χ2v) is 3.47. The Hall–Kier alpha value is -0.690. The van der Waals surface area contributed by atoms with Crippen molar-refractivity contribution >= 4 is 5.97 Å². The fourth-order valence-electron chi connectivity index (χ4n) is 1.30. The van der Waals surface area contributed by atoms with Crippen LogP contribution < -0.4 is 5.73 Å². The Labute approximate surface area is 88.9 Å². The molecule has 0 aromatic heterocycles. The van der Waals surface area contributed by atoms with E-state index in [0.29, 0.717) is 6.61 Å².